The Balaban J connectivity index is 2.81. The van der Waals surface area contributed by atoms with E-state index in [2.05, 4.69) is 9.97 Å². The monoisotopic (exact) mass is 225 g/mol. The summed E-state index contributed by atoms with van der Waals surface area (Å²) in [7, 11) is 0. The van der Waals surface area contributed by atoms with Gasteiger partial charge >= 0.3 is 0 Å². The predicted molar refractivity (Wildman–Crippen MR) is 58.1 cm³/mol. The standard InChI is InChI=1S/C10H15N3O3/c1-2-3-13(4-5-14)10(16)8-6-12-9(15)7-11-8/h6-7,14H,2-5H2,1H3,(H,12,15). The molecule has 0 radical (unpaired) electrons. The molecule has 0 atom stereocenters. The summed E-state index contributed by atoms with van der Waals surface area (Å²) >= 11 is 0. The molecular weight excluding hydrogens is 210 g/mol. The molecule has 2 N–H and O–H groups in total. The molecule has 6 nitrogen and oxygen atoms in total. The second-order valence-corrected chi connectivity index (χ2v) is 3.31. The Bertz CT molecular complexity index is 376. The van der Waals surface area contributed by atoms with Crippen LogP contribution in [-0.2, 0) is 0 Å². The molecule has 1 aromatic heterocycles. The first kappa shape index (κ1) is 12.4. The molecule has 1 heterocycles. The van der Waals surface area contributed by atoms with Crippen molar-refractivity contribution in [3.8, 4) is 0 Å². The molecule has 0 aromatic carbocycles. The van der Waals surface area contributed by atoms with Gasteiger partial charge in [0.15, 0.2) is 0 Å². The third-order valence-electron chi connectivity index (χ3n) is 2.04. The molecule has 0 aliphatic heterocycles. The summed E-state index contributed by atoms with van der Waals surface area (Å²) in [4.78, 5) is 30.3. The van der Waals surface area contributed by atoms with Crippen molar-refractivity contribution >= 4 is 5.91 Å². The third-order valence-corrected chi connectivity index (χ3v) is 2.04. The molecule has 0 aliphatic rings. The van der Waals surface area contributed by atoms with Crippen molar-refractivity contribution in [3.63, 3.8) is 0 Å². The Labute approximate surface area is 92.9 Å². The van der Waals surface area contributed by atoms with Crippen LogP contribution >= 0.6 is 0 Å². The van der Waals surface area contributed by atoms with Crippen molar-refractivity contribution in [3.05, 3.63) is 28.4 Å². The van der Waals surface area contributed by atoms with Crippen LogP contribution in [0.4, 0.5) is 0 Å². The zero-order valence-corrected chi connectivity index (χ0v) is 9.14. The Hall–Kier alpha value is -1.69. The molecular formula is C10H15N3O3. The normalized spacial score (nSPS) is 10.1. The fraction of sp³-hybridized carbons (Fsp3) is 0.500. The predicted octanol–water partition coefficient (Wildman–Crippen LogP) is -0.386. The number of nitrogens with one attached hydrogen (secondary N) is 1. The smallest absolute Gasteiger partial charge is 0.274 e. The van der Waals surface area contributed by atoms with Crippen LogP contribution in [0.3, 0.4) is 0 Å². The van der Waals surface area contributed by atoms with Crippen molar-refractivity contribution in [2.75, 3.05) is 19.7 Å². The van der Waals surface area contributed by atoms with Gasteiger partial charge in [0.25, 0.3) is 11.5 Å². The van der Waals surface area contributed by atoms with Gasteiger partial charge in [0.05, 0.1) is 12.8 Å². The minimum atomic E-state index is -0.347. The van der Waals surface area contributed by atoms with Gasteiger partial charge in [0, 0.05) is 19.3 Å². The Morgan fingerprint density at radius 1 is 1.56 bits per heavy atom. The van der Waals surface area contributed by atoms with Crippen LogP contribution in [0.5, 0.6) is 0 Å². The van der Waals surface area contributed by atoms with Gasteiger partial charge in [-0.2, -0.15) is 0 Å². The number of amides is 1. The average molecular weight is 225 g/mol. The number of hydrogen-bond donors (Lipinski definition) is 2. The van der Waals surface area contributed by atoms with E-state index in [0.29, 0.717) is 6.54 Å². The zero-order chi connectivity index (χ0) is 12.0. The molecule has 0 saturated carbocycles. The molecule has 1 aromatic rings. The van der Waals surface area contributed by atoms with Gasteiger partial charge in [0.1, 0.15) is 5.69 Å². The van der Waals surface area contributed by atoms with Crippen LogP contribution in [0, 0.1) is 0 Å². The third kappa shape index (κ3) is 3.16. The summed E-state index contributed by atoms with van der Waals surface area (Å²) in [6.45, 7) is 2.68. The summed E-state index contributed by atoms with van der Waals surface area (Å²) < 4.78 is 0. The lowest BCUT2D eigenvalue weighted by atomic mass is 10.3. The number of hydrogen-bond acceptors (Lipinski definition) is 4. The second-order valence-electron chi connectivity index (χ2n) is 3.31. The van der Waals surface area contributed by atoms with Gasteiger partial charge in [-0.15, -0.1) is 0 Å². The average Bonchev–Trinajstić information content (AvgIpc) is 2.29. The van der Waals surface area contributed by atoms with E-state index >= 15 is 0 Å². The number of aliphatic hydroxyl groups excluding tert-OH is 1. The summed E-state index contributed by atoms with van der Waals surface area (Å²) in [5.74, 6) is -0.285. The molecule has 88 valence electrons. The number of aromatic amines is 1. The maximum atomic E-state index is 11.9. The second kappa shape index (κ2) is 6.02. The van der Waals surface area contributed by atoms with Crippen LogP contribution in [0.2, 0.25) is 0 Å². The van der Waals surface area contributed by atoms with Gasteiger partial charge in [0.2, 0.25) is 0 Å². The summed E-state index contributed by atoms with van der Waals surface area (Å²) in [5, 5.41) is 8.83. The van der Waals surface area contributed by atoms with E-state index in [0.717, 1.165) is 12.6 Å². The van der Waals surface area contributed by atoms with Crippen LogP contribution in [0.25, 0.3) is 0 Å². The Morgan fingerprint density at radius 2 is 2.31 bits per heavy atom. The lowest BCUT2D eigenvalue weighted by molar-refractivity contribution is 0.0715. The van der Waals surface area contributed by atoms with E-state index < -0.39 is 0 Å². The first-order chi connectivity index (χ1) is 7.69. The molecule has 0 spiro atoms. The largest absolute Gasteiger partial charge is 0.395 e. The number of aliphatic hydroxyl groups is 1. The van der Waals surface area contributed by atoms with E-state index in [-0.39, 0.29) is 30.3 Å². The number of carbonyl (C=O) groups is 1. The van der Waals surface area contributed by atoms with E-state index in [1.54, 1.807) is 0 Å². The molecule has 0 bridgehead atoms. The minimum Gasteiger partial charge on any atom is -0.395 e. The van der Waals surface area contributed by atoms with Crippen molar-refractivity contribution < 1.29 is 9.90 Å². The highest BCUT2D eigenvalue weighted by atomic mass is 16.3. The summed E-state index contributed by atoms with van der Waals surface area (Å²) in [5.41, 5.74) is -0.165. The van der Waals surface area contributed by atoms with Crippen LogP contribution < -0.4 is 5.56 Å². The van der Waals surface area contributed by atoms with E-state index in [4.69, 9.17) is 5.11 Å². The van der Waals surface area contributed by atoms with Gasteiger partial charge in [-0.05, 0) is 6.42 Å². The highest BCUT2D eigenvalue weighted by Gasteiger charge is 2.15. The molecule has 0 unspecified atom stereocenters. The number of nitrogens with zero attached hydrogens (tertiary/aromatic N) is 2. The van der Waals surface area contributed by atoms with Crippen LogP contribution in [0.1, 0.15) is 23.8 Å². The Morgan fingerprint density at radius 3 is 2.81 bits per heavy atom. The SMILES string of the molecule is CCCN(CCO)C(=O)c1c[nH]c(=O)cn1. The van der Waals surface area contributed by atoms with Crippen molar-refractivity contribution in [2.24, 2.45) is 0 Å². The molecule has 1 amide bonds. The molecule has 16 heavy (non-hydrogen) atoms. The van der Waals surface area contributed by atoms with E-state index in [9.17, 15) is 9.59 Å². The number of H-pyrrole nitrogens is 1. The van der Waals surface area contributed by atoms with E-state index in [1.165, 1.54) is 11.1 Å². The van der Waals surface area contributed by atoms with Gasteiger partial charge in [-0.1, -0.05) is 6.92 Å². The minimum absolute atomic E-state index is 0.0882. The summed E-state index contributed by atoms with van der Waals surface area (Å²) in [6, 6.07) is 0. The number of aromatic nitrogens is 2. The highest BCUT2D eigenvalue weighted by Crippen LogP contribution is 1.99. The lowest BCUT2D eigenvalue weighted by Crippen LogP contribution is -2.35. The van der Waals surface area contributed by atoms with Crippen molar-refractivity contribution in [1.82, 2.24) is 14.9 Å². The number of carbonyl (C=O) groups excluding carboxylic acids is 1. The quantitative estimate of drug-likeness (QED) is 0.714. The topological polar surface area (TPSA) is 86.3 Å². The van der Waals surface area contributed by atoms with Crippen LogP contribution in [-0.4, -0.2) is 45.6 Å². The van der Waals surface area contributed by atoms with Gasteiger partial charge in [-0.25, -0.2) is 4.98 Å². The fourth-order valence-corrected chi connectivity index (χ4v) is 1.33. The summed E-state index contributed by atoms with van der Waals surface area (Å²) in [6.07, 6.45) is 3.15. The first-order valence-electron chi connectivity index (χ1n) is 5.14. The Kier molecular flexibility index (Phi) is 4.65. The maximum absolute atomic E-state index is 11.9. The lowest BCUT2D eigenvalue weighted by Gasteiger charge is -2.20. The molecule has 0 saturated heterocycles. The zero-order valence-electron chi connectivity index (χ0n) is 9.14. The maximum Gasteiger partial charge on any atom is 0.274 e. The van der Waals surface area contributed by atoms with E-state index in [1.807, 2.05) is 6.92 Å². The molecule has 1 rings (SSSR count). The van der Waals surface area contributed by atoms with Crippen molar-refractivity contribution in [1.29, 1.82) is 0 Å². The van der Waals surface area contributed by atoms with Crippen molar-refractivity contribution in [2.45, 2.75) is 13.3 Å². The fourth-order valence-electron chi connectivity index (χ4n) is 1.33. The van der Waals surface area contributed by atoms with Crippen LogP contribution in [0.15, 0.2) is 17.2 Å². The first-order valence-corrected chi connectivity index (χ1v) is 5.14. The molecule has 0 aliphatic carbocycles. The molecule has 0 fully saturated rings. The molecule has 6 heteroatoms. The van der Waals surface area contributed by atoms with Gasteiger partial charge in [-0.3, -0.25) is 9.59 Å². The highest BCUT2D eigenvalue weighted by molar-refractivity contribution is 5.91. The number of rotatable bonds is 5. The van der Waals surface area contributed by atoms with Gasteiger partial charge < -0.3 is 15.0 Å².